The second-order valence-electron chi connectivity index (χ2n) is 7.03. The minimum Gasteiger partial charge on any atom is -0.373 e. The number of amides is 1. The van der Waals surface area contributed by atoms with Gasteiger partial charge in [-0.05, 0) is 53.8 Å². The molecule has 4 rings (SSSR count). The van der Waals surface area contributed by atoms with Crippen LogP contribution in [0.3, 0.4) is 0 Å². The van der Waals surface area contributed by atoms with Gasteiger partial charge in [-0.2, -0.15) is 11.3 Å². The lowest BCUT2D eigenvalue weighted by atomic mass is 9.89. The van der Waals surface area contributed by atoms with E-state index in [1.54, 1.807) is 35.9 Å². The zero-order valence-corrected chi connectivity index (χ0v) is 15.0. The lowest BCUT2D eigenvalue weighted by Gasteiger charge is -2.38. The molecule has 0 unspecified atom stereocenters. The number of nitrogens with one attached hydrogen (secondary N) is 1. The first kappa shape index (κ1) is 16.7. The monoisotopic (exact) mass is 357 g/mol. The highest BCUT2D eigenvalue weighted by molar-refractivity contribution is 7.07. The van der Waals surface area contributed by atoms with Crippen LogP contribution < -0.4 is 5.32 Å². The summed E-state index contributed by atoms with van der Waals surface area (Å²) in [5.74, 6) is -0.0386. The Bertz CT molecular complexity index is 707. The lowest BCUT2D eigenvalue weighted by Crippen LogP contribution is -2.49. The van der Waals surface area contributed by atoms with Crippen molar-refractivity contribution in [2.45, 2.75) is 37.5 Å². The van der Waals surface area contributed by atoms with E-state index in [9.17, 15) is 4.79 Å². The molecule has 1 N–H and O–H groups in total. The van der Waals surface area contributed by atoms with Crippen molar-refractivity contribution in [3.8, 4) is 0 Å². The van der Waals surface area contributed by atoms with Gasteiger partial charge in [0, 0.05) is 44.7 Å². The average molecular weight is 357 g/mol. The third-order valence-electron chi connectivity index (χ3n) is 5.13. The SMILES string of the molecule is O=C(N[C@H]1CCO[C@]2(CCN(Cc3ccsc3)C2)C1)c1cccnc1. The van der Waals surface area contributed by atoms with Crippen molar-refractivity contribution in [3.05, 3.63) is 52.5 Å². The van der Waals surface area contributed by atoms with Crippen LogP contribution in [-0.4, -0.2) is 47.1 Å². The van der Waals surface area contributed by atoms with E-state index in [4.69, 9.17) is 4.74 Å². The topological polar surface area (TPSA) is 54.5 Å². The number of aromatic nitrogens is 1. The summed E-state index contributed by atoms with van der Waals surface area (Å²) in [6.07, 6.45) is 6.09. The zero-order chi connectivity index (χ0) is 17.1. The lowest BCUT2D eigenvalue weighted by molar-refractivity contribution is -0.0793. The van der Waals surface area contributed by atoms with Crippen LogP contribution in [0.5, 0.6) is 0 Å². The van der Waals surface area contributed by atoms with E-state index in [0.29, 0.717) is 12.2 Å². The molecule has 4 heterocycles. The van der Waals surface area contributed by atoms with Gasteiger partial charge in [-0.3, -0.25) is 14.7 Å². The van der Waals surface area contributed by atoms with Crippen LogP contribution in [0, 0.1) is 0 Å². The Hall–Kier alpha value is -1.76. The molecular weight excluding hydrogens is 334 g/mol. The van der Waals surface area contributed by atoms with E-state index in [2.05, 4.69) is 32.0 Å². The average Bonchev–Trinajstić information content (AvgIpc) is 3.27. The highest BCUT2D eigenvalue weighted by atomic mass is 32.1. The molecule has 2 atom stereocenters. The molecule has 0 aliphatic carbocycles. The summed E-state index contributed by atoms with van der Waals surface area (Å²) in [6.45, 7) is 3.70. The standard InChI is InChI=1S/C19H23N3O2S/c23-18(16-2-1-6-20-11-16)21-17-3-8-24-19(10-17)5-7-22(14-19)12-15-4-9-25-13-15/h1-2,4,6,9,11,13,17H,3,5,7-8,10,12,14H2,(H,21,23)/t17-,19+/m0/s1. The van der Waals surface area contributed by atoms with Crippen LogP contribution in [0.15, 0.2) is 41.4 Å². The Labute approximate surface area is 152 Å². The normalized spacial score (nSPS) is 26.8. The van der Waals surface area contributed by atoms with Gasteiger partial charge in [0.15, 0.2) is 0 Å². The van der Waals surface area contributed by atoms with Crippen LogP contribution in [0.1, 0.15) is 35.2 Å². The van der Waals surface area contributed by atoms with Gasteiger partial charge in [0.05, 0.1) is 11.2 Å². The summed E-state index contributed by atoms with van der Waals surface area (Å²) >= 11 is 1.74. The molecule has 5 nitrogen and oxygen atoms in total. The van der Waals surface area contributed by atoms with Crippen molar-refractivity contribution >= 4 is 17.2 Å². The number of carbonyl (C=O) groups excluding carboxylic acids is 1. The number of pyridine rings is 1. The van der Waals surface area contributed by atoms with E-state index < -0.39 is 0 Å². The molecule has 2 saturated heterocycles. The second-order valence-corrected chi connectivity index (χ2v) is 7.81. The van der Waals surface area contributed by atoms with E-state index in [-0.39, 0.29) is 17.6 Å². The van der Waals surface area contributed by atoms with Crippen LogP contribution in [0.4, 0.5) is 0 Å². The van der Waals surface area contributed by atoms with Gasteiger partial charge < -0.3 is 10.1 Å². The maximum Gasteiger partial charge on any atom is 0.253 e. The number of hydrogen-bond acceptors (Lipinski definition) is 5. The molecule has 0 radical (unpaired) electrons. The maximum absolute atomic E-state index is 12.4. The van der Waals surface area contributed by atoms with Gasteiger partial charge in [-0.1, -0.05) is 0 Å². The summed E-state index contributed by atoms with van der Waals surface area (Å²) in [5, 5.41) is 7.51. The molecule has 0 saturated carbocycles. The van der Waals surface area contributed by atoms with Crippen LogP contribution >= 0.6 is 11.3 Å². The summed E-state index contributed by atoms with van der Waals surface area (Å²) in [5.41, 5.74) is 1.88. The predicted molar refractivity (Wildman–Crippen MR) is 97.6 cm³/mol. The molecule has 6 heteroatoms. The maximum atomic E-state index is 12.4. The molecule has 0 aromatic carbocycles. The number of carbonyl (C=O) groups is 1. The Morgan fingerprint density at radius 3 is 3.24 bits per heavy atom. The van der Waals surface area contributed by atoms with E-state index in [1.165, 1.54) is 5.56 Å². The third-order valence-corrected chi connectivity index (χ3v) is 5.87. The first-order chi connectivity index (χ1) is 12.2. The number of ether oxygens (including phenoxy) is 1. The fourth-order valence-corrected chi connectivity index (χ4v) is 4.56. The first-order valence-corrected chi connectivity index (χ1v) is 9.75. The van der Waals surface area contributed by atoms with Gasteiger partial charge in [-0.25, -0.2) is 0 Å². The van der Waals surface area contributed by atoms with Crippen LogP contribution in [0.2, 0.25) is 0 Å². The fourth-order valence-electron chi connectivity index (χ4n) is 3.90. The molecular formula is C19H23N3O2S. The summed E-state index contributed by atoms with van der Waals surface area (Å²) in [7, 11) is 0. The van der Waals surface area contributed by atoms with Crippen molar-refractivity contribution in [1.29, 1.82) is 0 Å². The van der Waals surface area contributed by atoms with Crippen molar-refractivity contribution in [2.24, 2.45) is 0 Å². The number of hydrogen-bond donors (Lipinski definition) is 1. The quantitative estimate of drug-likeness (QED) is 0.914. The summed E-state index contributed by atoms with van der Waals surface area (Å²) in [4.78, 5) is 18.9. The number of nitrogens with zero attached hydrogens (tertiary/aromatic N) is 2. The number of thiophene rings is 1. The molecule has 132 valence electrons. The third kappa shape index (κ3) is 3.92. The van der Waals surface area contributed by atoms with E-state index >= 15 is 0 Å². The Morgan fingerprint density at radius 2 is 2.44 bits per heavy atom. The van der Waals surface area contributed by atoms with Gasteiger partial charge in [0.25, 0.3) is 5.91 Å². The molecule has 2 fully saturated rings. The first-order valence-electron chi connectivity index (χ1n) is 8.81. The van der Waals surface area contributed by atoms with E-state index in [1.807, 2.05) is 0 Å². The largest absolute Gasteiger partial charge is 0.373 e. The molecule has 1 spiro atoms. The van der Waals surface area contributed by atoms with Crippen molar-refractivity contribution in [3.63, 3.8) is 0 Å². The van der Waals surface area contributed by atoms with Gasteiger partial charge in [0.2, 0.25) is 0 Å². The summed E-state index contributed by atoms with van der Waals surface area (Å²) in [6, 6.07) is 5.95. The summed E-state index contributed by atoms with van der Waals surface area (Å²) < 4.78 is 6.19. The molecule has 2 aromatic heterocycles. The molecule has 0 bridgehead atoms. The molecule has 2 aromatic rings. The van der Waals surface area contributed by atoms with Crippen molar-refractivity contribution < 1.29 is 9.53 Å². The minimum atomic E-state index is -0.110. The highest BCUT2D eigenvalue weighted by Crippen LogP contribution is 2.35. The van der Waals surface area contributed by atoms with Crippen LogP contribution in [-0.2, 0) is 11.3 Å². The van der Waals surface area contributed by atoms with Crippen LogP contribution in [0.25, 0.3) is 0 Å². The second kappa shape index (κ2) is 7.23. The highest BCUT2D eigenvalue weighted by Gasteiger charge is 2.43. The smallest absolute Gasteiger partial charge is 0.253 e. The number of likely N-dealkylation sites (tertiary alicyclic amines) is 1. The molecule has 2 aliphatic rings. The molecule has 25 heavy (non-hydrogen) atoms. The molecule has 1 amide bonds. The van der Waals surface area contributed by atoms with E-state index in [0.717, 1.165) is 38.9 Å². The van der Waals surface area contributed by atoms with Crippen molar-refractivity contribution in [1.82, 2.24) is 15.2 Å². The van der Waals surface area contributed by atoms with Gasteiger partial charge in [-0.15, -0.1) is 0 Å². The Kier molecular flexibility index (Phi) is 4.83. The number of rotatable bonds is 4. The molecule has 2 aliphatic heterocycles. The zero-order valence-electron chi connectivity index (χ0n) is 14.2. The van der Waals surface area contributed by atoms with Crippen molar-refractivity contribution in [2.75, 3.05) is 19.7 Å². The van der Waals surface area contributed by atoms with Gasteiger partial charge in [0.1, 0.15) is 0 Å². The van der Waals surface area contributed by atoms with Gasteiger partial charge >= 0.3 is 0 Å². The predicted octanol–water partition coefficient (Wildman–Crippen LogP) is 2.70. The Balaban J connectivity index is 1.35. The Morgan fingerprint density at radius 1 is 1.48 bits per heavy atom. The fraction of sp³-hybridized carbons (Fsp3) is 0.474. The minimum absolute atomic E-state index is 0.0386.